The van der Waals surface area contributed by atoms with E-state index in [-0.39, 0.29) is 11.5 Å². The van der Waals surface area contributed by atoms with Crippen LogP contribution in [0.25, 0.3) is 0 Å². The molecule has 11 heteroatoms. The molecule has 1 aromatic carbocycles. The van der Waals surface area contributed by atoms with Crippen molar-refractivity contribution in [1.29, 1.82) is 0 Å². The average molecular weight is 496 g/mol. The number of carbonyl (C=O) groups excluding carboxylic acids is 3. The molecule has 2 aromatic heterocycles. The summed E-state index contributed by atoms with van der Waals surface area (Å²) in [5.74, 6) is -1.95. The Kier molecular flexibility index (Phi) is 6.75. The molecule has 3 aromatic rings. The molecule has 0 bridgehead atoms. The lowest BCUT2D eigenvalue weighted by Crippen LogP contribution is -2.41. The lowest BCUT2D eigenvalue weighted by atomic mass is 9.86. The van der Waals surface area contributed by atoms with E-state index in [9.17, 15) is 18.8 Å². The van der Waals surface area contributed by atoms with E-state index in [2.05, 4.69) is 31.3 Å². The van der Waals surface area contributed by atoms with Gasteiger partial charge in [-0.15, -0.1) is 5.10 Å². The third-order valence-electron chi connectivity index (χ3n) is 6.50. The van der Waals surface area contributed by atoms with Crippen LogP contribution < -0.4 is 10.6 Å². The smallest absolute Gasteiger partial charge is 0.294 e. The summed E-state index contributed by atoms with van der Waals surface area (Å²) in [6, 6.07) is 3.70. The quantitative estimate of drug-likeness (QED) is 0.354. The minimum absolute atomic E-state index is 0.200. The number of nitrogens with one attached hydrogen (secondary N) is 3. The second-order valence-electron chi connectivity index (χ2n) is 10.2. The number of fused-ring (bicyclic) bond motifs is 1. The normalized spacial score (nSPS) is 14.2. The number of aromatic nitrogens is 5. The number of tetrazole rings is 1. The zero-order chi connectivity index (χ0) is 26.2. The highest BCUT2D eigenvalue weighted by atomic mass is 19.1. The summed E-state index contributed by atoms with van der Waals surface area (Å²) in [6.07, 6.45) is 2.30. The zero-order valence-electron chi connectivity index (χ0n) is 21.0. The van der Waals surface area contributed by atoms with Crippen molar-refractivity contribution in [3.63, 3.8) is 0 Å². The maximum Gasteiger partial charge on any atom is 0.294 e. The number of rotatable bonds is 6. The largest absolute Gasteiger partial charge is 0.341 e. The Morgan fingerprint density at radius 1 is 1.17 bits per heavy atom. The van der Waals surface area contributed by atoms with Crippen LogP contribution in [0.1, 0.15) is 83.1 Å². The van der Waals surface area contributed by atoms with E-state index in [0.29, 0.717) is 41.2 Å². The Morgan fingerprint density at radius 2 is 1.92 bits per heavy atom. The number of carbonyl (C=O) groups is 3. The Balaban J connectivity index is 1.66. The highest BCUT2D eigenvalue weighted by molar-refractivity contribution is 6.43. The Morgan fingerprint density at radius 3 is 2.56 bits per heavy atom. The fourth-order valence-electron chi connectivity index (χ4n) is 4.67. The van der Waals surface area contributed by atoms with E-state index >= 15 is 0 Å². The molecule has 0 saturated carbocycles. The zero-order valence-corrected chi connectivity index (χ0v) is 21.0. The number of aromatic amines is 1. The first-order valence-corrected chi connectivity index (χ1v) is 11.9. The summed E-state index contributed by atoms with van der Waals surface area (Å²) >= 11 is 0. The van der Waals surface area contributed by atoms with E-state index in [1.807, 2.05) is 20.8 Å². The van der Waals surface area contributed by atoms with Gasteiger partial charge in [-0.25, -0.2) is 9.49 Å². The number of anilines is 1. The van der Waals surface area contributed by atoms with Gasteiger partial charge in [-0.1, -0.05) is 20.8 Å². The fraction of sp³-hybridized carbons (Fsp3) is 0.440. The second-order valence-corrected chi connectivity index (χ2v) is 10.2. The number of ketones is 1. The van der Waals surface area contributed by atoms with Crippen LogP contribution in [0.5, 0.6) is 0 Å². The van der Waals surface area contributed by atoms with Crippen molar-refractivity contribution in [3.05, 3.63) is 57.9 Å². The molecule has 190 valence electrons. The van der Waals surface area contributed by atoms with Gasteiger partial charge in [-0.05, 0) is 78.3 Å². The van der Waals surface area contributed by atoms with Gasteiger partial charge >= 0.3 is 0 Å². The lowest BCUT2D eigenvalue weighted by molar-refractivity contribution is -0.118. The van der Waals surface area contributed by atoms with Gasteiger partial charge in [0.1, 0.15) is 5.82 Å². The van der Waals surface area contributed by atoms with Gasteiger partial charge in [-0.3, -0.25) is 14.4 Å². The summed E-state index contributed by atoms with van der Waals surface area (Å²) in [5.41, 5.74) is 2.11. The van der Waals surface area contributed by atoms with Crippen LogP contribution in [0, 0.1) is 25.1 Å². The van der Waals surface area contributed by atoms with E-state index in [4.69, 9.17) is 0 Å². The van der Waals surface area contributed by atoms with Gasteiger partial charge in [0, 0.05) is 17.9 Å². The van der Waals surface area contributed by atoms with Crippen molar-refractivity contribution in [1.82, 2.24) is 30.5 Å². The van der Waals surface area contributed by atoms with Crippen LogP contribution in [-0.2, 0) is 17.8 Å². The molecule has 0 spiro atoms. The van der Waals surface area contributed by atoms with Crippen LogP contribution in [-0.4, -0.2) is 42.8 Å². The standard InChI is InChI=1S/C25H30FN7O3/c1-13-12-15(9-10-16(13)26)27-23(35)18-14(2)19(33-11-7-6-8-17(18)33)20(34)24(36)28-21(25(3,4)5)22-29-31-32-30-22/h9-10,12,21H,6-8,11H2,1-5H3,(H,27,35)(H,28,36)(H,29,30,31,32). The minimum atomic E-state index is -0.804. The van der Waals surface area contributed by atoms with Crippen LogP contribution in [0.3, 0.4) is 0 Å². The third kappa shape index (κ3) is 4.77. The van der Waals surface area contributed by atoms with E-state index in [1.54, 1.807) is 24.5 Å². The second kappa shape index (κ2) is 9.63. The average Bonchev–Trinajstić information content (AvgIpc) is 3.44. The van der Waals surface area contributed by atoms with Gasteiger partial charge in [0.05, 0.1) is 17.3 Å². The molecule has 1 aliphatic rings. The maximum atomic E-state index is 13.7. The topological polar surface area (TPSA) is 135 Å². The van der Waals surface area contributed by atoms with Gasteiger partial charge in [0.25, 0.3) is 17.6 Å². The van der Waals surface area contributed by atoms with Crippen molar-refractivity contribution < 1.29 is 18.8 Å². The number of Topliss-reactive ketones (excluding diaryl/α,β-unsaturated/α-hetero) is 1. The predicted octanol–water partition coefficient (Wildman–Crippen LogP) is 3.43. The molecule has 1 aliphatic heterocycles. The fourth-order valence-corrected chi connectivity index (χ4v) is 4.67. The van der Waals surface area contributed by atoms with Crippen molar-refractivity contribution in [2.75, 3.05) is 5.32 Å². The predicted molar refractivity (Wildman–Crippen MR) is 130 cm³/mol. The Bertz CT molecular complexity index is 1320. The van der Waals surface area contributed by atoms with Crippen LogP contribution in [0.2, 0.25) is 0 Å². The first kappa shape index (κ1) is 25.2. The highest BCUT2D eigenvalue weighted by Gasteiger charge is 2.36. The lowest BCUT2D eigenvalue weighted by Gasteiger charge is -2.29. The number of amides is 2. The number of hydrogen-bond donors (Lipinski definition) is 3. The molecule has 2 amide bonds. The molecular formula is C25H30FN7O3. The Labute approximate surface area is 208 Å². The first-order valence-electron chi connectivity index (χ1n) is 11.9. The summed E-state index contributed by atoms with van der Waals surface area (Å²) in [4.78, 5) is 40.0. The molecule has 0 saturated heterocycles. The number of aryl methyl sites for hydroxylation is 1. The van der Waals surface area contributed by atoms with Gasteiger partial charge in [0.2, 0.25) is 0 Å². The molecule has 0 aliphatic carbocycles. The van der Waals surface area contributed by atoms with E-state index in [1.165, 1.54) is 12.1 Å². The van der Waals surface area contributed by atoms with Crippen molar-refractivity contribution >= 4 is 23.3 Å². The molecule has 10 nitrogen and oxygen atoms in total. The molecule has 0 radical (unpaired) electrons. The molecule has 36 heavy (non-hydrogen) atoms. The molecular weight excluding hydrogens is 465 g/mol. The molecule has 4 rings (SSSR count). The van der Waals surface area contributed by atoms with Crippen molar-refractivity contribution in [3.8, 4) is 0 Å². The number of benzene rings is 1. The van der Waals surface area contributed by atoms with Gasteiger partial charge in [0.15, 0.2) is 5.82 Å². The number of halogens is 1. The van der Waals surface area contributed by atoms with Crippen LogP contribution in [0.15, 0.2) is 18.2 Å². The summed E-state index contributed by atoms with van der Waals surface area (Å²) in [7, 11) is 0. The minimum Gasteiger partial charge on any atom is -0.341 e. The highest BCUT2D eigenvalue weighted by Crippen LogP contribution is 2.32. The third-order valence-corrected chi connectivity index (χ3v) is 6.50. The molecule has 1 atom stereocenters. The summed E-state index contributed by atoms with van der Waals surface area (Å²) < 4.78 is 15.5. The van der Waals surface area contributed by atoms with Crippen LogP contribution >= 0.6 is 0 Å². The molecule has 0 fully saturated rings. The van der Waals surface area contributed by atoms with E-state index in [0.717, 1.165) is 18.5 Å². The van der Waals surface area contributed by atoms with Crippen molar-refractivity contribution in [2.24, 2.45) is 5.41 Å². The summed E-state index contributed by atoms with van der Waals surface area (Å²) in [6.45, 7) is 9.52. The van der Waals surface area contributed by atoms with Gasteiger partial charge in [-0.2, -0.15) is 0 Å². The van der Waals surface area contributed by atoms with Crippen molar-refractivity contribution in [2.45, 2.75) is 66.5 Å². The van der Waals surface area contributed by atoms with Gasteiger partial charge < -0.3 is 15.2 Å². The molecule has 1 unspecified atom stereocenters. The first-order chi connectivity index (χ1) is 17.0. The molecule has 3 heterocycles. The monoisotopic (exact) mass is 495 g/mol. The maximum absolute atomic E-state index is 13.7. The number of nitrogens with zero attached hydrogens (tertiary/aromatic N) is 4. The summed E-state index contributed by atoms with van der Waals surface area (Å²) in [5, 5.41) is 19.3. The van der Waals surface area contributed by atoms with Crippen LogP contribution in [0.4, 0.5) is 10.1 Å². The Hall–Kier alpha value is -3.89. The SMILES string of the molecule is Cc1cc(NC(=O)c2c(C)c(C(=O)C(=O)NC(c3nnn[nH]3)C(C)(C)C)n3c2CCCC3)ccc1F. The number of hydrogen-bond acceptors (Lipinski definition) is 6. The van der Waals surface area contributed by atoms with E-state index < -0.39 is 29.1 Å². The number of H-pyrrole nitrogens is 1. The molecule has 3 N–H and O–H groups in total.